The van der Waals surface area contributed by atoms with Crippen molar-refractivity contribution in [3.63, 3.8) is 0 Å². The highest BCUT2D eigenvalue weighted by Gasteiger charge is 2.40. The van der Waals surface area contributed by atoms with Crippen LogP contribution in [0.3, 0.4) is 0 Å². The highest BCUT2D eigenvalue weighted by Crippen LogP contribution is 2.45. The van der Waals surface area contributed by atoms with Gasteiger partial charge in [-0.05, 0) is 90.3 Å². The van der Waals surface area contributed by atoms with Crippen LogP contribution in [-0.2, 0) is 23.2 Å². The number of nitrogens with zero attached hydrogens (tertiary/aromatic N) is 1. The van der Waals surface area contributed by atoms with E-state index >= 15 is 0 Å². The normalized spacial score (nSPS) is 17.4. The zero-order valence-corrected chi connectivity index (χ0v) is 22.2. The number of benzene rings is 3. The molecular weight excluding hydrogens is 470 g/mol. The van der Waals surface area contributed by atoms with Gasteiger partial charge >= 0.3 is 5.97 Å². The summed E-state index contributed by atoms with van der Waals surface area (Å²) in [6.45, 7) is 7.55. The molecule has 0 aliphatic carbocycles. The molecule has 1 heterocycles. The third kappa shape index (κ3) is 5.29. The van der Waals surface area contributed by atoms with E-state index in [4.69, 9.17) is 21.4 Å². The second-order valence-corrected chi connectivity index (χ2v) is 10.4. The number of carbonyl (C=O) groups is 1. The molecule has 0 aromatic heterocycles. The number of methoxy groups -OCH3 is 1. The van der Waals surface area contributed by atoms with Crippen molar-refractivity contribution in [2.45, 2.75) is 45.6 Å². The number of hydrogen-bond acceptors (Lipinski definition) is 3. The fourth-order valence-corrected chi connectivity index (χ4v) is 5.39. The molecule has 1 N–H and O–H groups in total. The van der Waals surface area contributed by atoms with Gasteiger partial charge in [0.25, 0.3) is 0 Å². The molecule has 4 rings (SSSR count). The summed E-state index contributed by atoms with van der Waals surface area (Å²) >= 11 is 6.79. The lowest BCUT2D eigenvalue weighted by atomic mass is 9.76. The van der Waals surface area contributed by atoms with Gasteiger partial charge in [-0.15, -0.1) is 0 Å². The van der Waals surface area contributed by atoms with Crippen LogP contribution >= 0.6 is 11.6 Å². The van der Waals surface area contributed by atoms with E-state index in [-0.39, 0.29) is 0 Å². The Hall–Kier alpha value is -3.24. The maximum atomic E-state index is 10.9. The second-order valence-electron chi connectivity index (χ2n) is 10.00. The van der Waals surface area contributed by atoms with Gasteiger partial charge < -0.3 is 14.7 Å². The van der Waals surface area contributed by atoms with Crippen molar-refractivity contribution in [3.8, 4) is 5.75 Å². The molecule has 1 aliphatic rings. The van der Waals surface area contributed by atoms with Gasteiger partial charge in [0.2, 0.25) is 0 Å². The van der Waals surface area contributed by atoms with Gasteiger partial charge in [-0.2, -0.15) is 0 Å². The number of aliphatic carboxylic acids is 1. The monoisotopic (exact) mass is 503 g/mol. The van der Waals surface area contributed by atoms with Crippen LogP contribution in [0.25, 0.3) is 6.08 Å². The SMILES string of the molecule is COc1ccc2c(c1)CCN(c1ccc(CCC(C)C)c(Cl)c1)C2(C)c1ccc(C=CC(=O)O)cc1. The Morgan fingerprint density at radius 1 is 1.14 bits per heavy atom. The van der Waals surface area contributed by atoms with Crippen LogP contribution in [0.5, 0.6) is 5.75 Å². The Balaban J connectivity index is 1.78. The minimum absolute atomic E-state index is 0.447. The zero-order valence-electron chi connectivity index (χ0n) is 21.4. The fourth-order valence-electron chi connectivity index (χ4n) is 5.12. The van der Waals surface area contributed by atoms with Crippen LogP contribution in [0.15, 0.2) is 66.7 Å². The largest absolute Gasteiger partial charge is 0.497 e. The third-order valence-corrected chi connectivity index (χ3v) is 7.56. The highest BCUT2D eigenvalue weighted by atomic mass is 35.5. The van der Waals surface area contributed by atoms with E-state index in [2.05, 4.69) is 68.1 Å². The molecule has 3 aromatic rings. The van der Waals surface area contributed by atoms with Crippen molar-refractivity contribution in [3.05, 3.63) is 99.6 Å². The molecule has 0 radical (unpaired) electrons. The minimum Gasteiger partial charge on any atom is -0.497 e. The second kappa shape index (κ2) is 10.8. The van der Waals surface area contributed by atoms with Gasteiger partial charge in [-0.25, -0.2) is 4.79 Å². The van der Waals surface area contributed by atoms with Crippen molar-refractivity contribution < 1.29 is 14.6 Å². The number of fused-ring (bicyclic) bond motifs is 1. The van der Waals surface area contributed by atoms with Crippen LogP contribution in [0.4, 0.5) is 5.69 Å². The first-order valence-corrected chi connectivity index (χ1v) is 12.8. The summed E-state index contributed by atoms with van der Waals surface area (Å²) in [5, 5.41) is 9.79. The molecule has 5 heteroatoms. The van der Waals surface area contributed by atoms with E-state index in [1.54, 1.807) is 13.2 Å². The van der Waals surface area contributed by atoms with E-state index in [0.717, 1.165) is 59.5 Å². The topological polar surface area (TPSA) is 49.8 Å². The first-order valence-electron chi connectivity index (χ1n) is 12.5. The molecular formula is C31H34ClNO3. The van der Waals surface area contributed by atoms with Crippen LogP contribution in [0, 0.1) is 5.92 Å². The Bertz CT molecular complexity index is 1270. The zero-order chi connectivity index (χ0) is 25.9. The molecule has 3 aromatic carbocycles. The van der Waals surface area contributed by atoms with Gasteiger partial charge in [0.1, 0.15) is 5.75 Å². The van der Waals surface area contributed by atoms with E-state index in [9.17, 15) is 4.79 Å². The van der Waals surface area contributed by atoms with E-state index in [1.807, 2.05) is 18.2 Å². The smallest absolute Gasteiger partial charge is 0.328 e. The molecule has 36 heavy (non-hydrogen) atoms. The summed E-state index contributed by atoms with van der Waals surface area (Å²) in [6.07, 6.45) is 5.75. The Labute approximate surface area is 219 Å². The molecule has 1 atom stereocenters. The van der Waals surface area contributed by atoms with Crippen LogP contribution in [0.1, 0.15) is 55.0 Å². The molecule has 0 spiro atoms. The molecule has 0 saturated carbocycles. The number of carboxylic acid groups (broad SMARTS) is 1. The third-order valence-electron chi connectivity index (χ3n) is 7.21. The lowest BCUT2D eigenvalue weighted by molar-refractivity contribution is -0.131. The van der Waals surface area contributed by atoms with E-state index in [1.165, 1.54) is 16.7 Å². The predicted octanol–water partition coefficient (Wildman–Crippen LogP) is 7.36. The van der Waals surface area contributed by atoms with Gasteiger partial charge in [-0.3, -0.25) is 0 Å². The molecule has 1 unspecified atom stereocenters. The van der Waals surface area contributed by atoms with E-state index < -0.39 is 11.5 Å². The first kappa shape index (κ1) is 25.8. The van der Waals surface area contributed by atoms with Crippen LogP contribution < -0.4 is 9.64 Å². The Morgan fingerprint density at radius 2 is 1.89 bits per heavy atom. The average Bonchev–Trinajstić information content (AvgIpc) is 2.86. The summed E-state index contributed by atoms with van der Waals surface area (Å²) in [6, 6.07) is 20.9. The van der Waals surface area contributed by atoms with Crippen LogP contribution in [0.2, 0.25) is 5.02 Å². The van der Waals surface area contributed by atoms with Crippen molar-refractivity contribution in [2.75, 3.05) is 18.6 Å². The highest BCUT2D eigenvalue weighted by molar-refractivity contribution is 6.31. The number of rotatable bonds is 8. The average molecular weight is 504 g/mol. The van der Waals surface area contributed by atoms with Gasteiger partial charge in [0.05, 0.1) is 12.6 Å². The quantitative estimate of drug-likeness (QED) is 0.326. The van der Waals surface area contributed by atoms with Gasteiger partial charge in [-0.1, -0.05) is 61.8 Å². The lowest BCUT2D eigenvalue weighted by Gasteiger charge is -2.48. The van der Waals surface area contributed by atoms with Crippen molar-refractivity contribution in [1.82, 2.24) is 0 Å². The number of halogens is 1. The molecule has 0 saturated heterocycles. The summed E-state index contributed by atoms with van der Waals surface area (Å²) in [7, 11) is 1.70. The summed E-state index contributed by atoms with van der Waals surface area (Å²) in [4.78, 5) is 13.4. The first-order chi connectivity index (χ1) is 17.2. The maximum absolute atomic E-state index is 10.9. The van der Waals surface area contributed by atoms with Crippen molar-refractivity contribution >= 4 is 29.3 Å². The molecule has 0 amide bonds. The maximum Gasteiger partial charge on any atom is 0.328 e. The van der Waals surface area contributed by atoms with Crippen LogP contribution in [-0.4, -0.2) is 24.7 Å². The summed E-state index contributed by atoms with van der Waals surface area (Å²) in [5.74, 6) is 0.533. The number of carboxylic acids is 1. The number of anilines is 1. The van der Waals surface area contributed by atoms with Gasteiger partial charge in [0, 0.05) is 23.3 Å². The molecule has 4 nitrogen and oxygen atoms in total. The fraction of sp³-hybridized carbons (Fsp3) is 0.323. The minimum atomic E-state index is -0.957. The predicted molar refractivity (Wildman–Crippen MR) is 148 cm³/mol. The molecule has 0 fully saturated rings. The standard InChI is InChI=1S/C31H34ClNO3/c1-21(2)5-9-23-10-13-26(20-29(23)32)33-18-17-24-19-27(36-4)14-15-28(24)31(33,3)25-11-6-22(7-12-25)8-16-30(34)35/h6-8,10-16,19-21H,5,9,17-18H2,1-4H3,(H,34,35). The molecule has 0 bridgehead atoms. The Morgan fingerprint density at radius 3 is 2.53 bits per heavy atom. The molecule has 188 valence electrons. The van der Waals surface area contributed by atoms with Gasteiger partial charge in [0.15, 0.2) is 0 Å². The number of hydrogen-bond donors (Lipinski definition) is 1. The lowest BCUT2D eigenvalue weighted by Crippen LogP contribution is -2.49. The summed E-state index contributed by atoms with van der Waals surface area (Å²) < 4.78 is 5.51. The van der Waals surface area contributed by atoms with E-state index in [0.29, 0.717) is 5.92 Å². The van der Waals surface area contributed by atoms with Crippen molar-refractivity contribution in [2.24, 2.45) is 5.92 Å². The Kier molecular flexibility index (Phi) is 7.75. The number of aryl methyl sites for hydroxylation is 1. The summed E-state index contributed by atoms with van der Waals surface area (Å²) in [5.41, 5.74) is 6.30. The number of ether oxygens (including phenoxy) is 1. The van der Waals surface area contributed by atoms with Crippen molar-refractivity contribution in [1.29, 1.82) is 0 Å². The molecule has 1 aliphatic heterocycles.